The highest BCUT2D eigenvalue weighted by Crippen LogP contribution is 2.16. The zero-order valence-electron chi connectivity index (χ0n) is 9.39. The van der Waals surface area contributed by atoms with Crippen LogP contribution in [0.4, 0.5) is 0 Å². The van der Waals surface area contributed by atoms with Gasteiger partial charge in [0.25, 0.3) is 0 Å². The zero-order chi connectivity index (χ0) is 11.2. The molecule has 0 amide bonds. The number of hydrogen-bond acceptors (Lipinski definition) is 3. The van der Waals surface area contributed by atoms with Crippen LogP contribution in [0.2, 0.25) is 0 Å². The van der Waals surface area contributed by atoms with Gasteiger partial charge in [0.1, 0.15) is 0 Å². The number of ether oxygens (including phenoxy) is 2. The van der Waals surface area contributed by atoms with Crippen LogP contribution in [0.3, 0.4) is 0 Å². The number of aliphatic hydroxyl groups is 1. The van der Waals surface area contributed by atoms with Crippen LogP contribution in [0.25, 0.3) is 0 Å². The van der Waals surface area contributed by atoms with Crippen LogP contribution in [0.1, 0.15) is 30.4 Å². The second kappa shape index (κ2) is 5.99. The summed E-state index contributed by atoms with van der Waals surface area (Å²) in [5.74, 6) is 0. The van der Waals surface area contributed by atoms with Crippen molar-refractivity contribution >= 4 is 0 Å². The standard InChI is InChI=1S/C13H18O3/c14-9-11-4-3-5-12(8-11)10-16-13-6-1-2-7-15-13/h3-5,8,13-14H,1-2,6-7,9-10H2. The van der Waals surface area contributed by atoms with Crippen LogP contribution in [-0.2, 0) is 22.7 Å². The molecule has 1 aliphatic rings. The average molecular weight is 222 g/mol. The normalized spacial score (nSPS) is 20.9. The van der Waals surface area contributed by atoms with Gasteiger partial charge >= 0.3 is 0 Å². The highest BCUT2D eigenvalue weighted by molar-refractivity contribution is 5.22. The third-order valence-electron chi connectivity index (χ3n) is 2.75. The molecular weight excluding hydrogens is 204 g/mol. The number of benzene rings is 1. The molecule has 1 saturated heterocycles. The lowest BCUT2D eigenvalue weighted by molar-refractivity contribution is -0.168. The number of hydrogen-bond donors (Lipinski definition) is 1. The maximum absolute atomic E-state index is 9.01. The van der Waals surface area contributed by atoms with Crippen LogP contribution in [0, 0.1) is 0 Å². The Labute approximate surface area is 96.0 Å². The van der Waals surface area contributed by atoms with Gasteiger partial charge in [-0.05, 0) is 30.4 Å². The molecule has 0 saturated carbocycles. The lowest BCUT2D eigenvalue weighted by atomic mass is 10.1. The van der Waals surface area contributed by atoms with Crippen molar-refractivity contribution in [1.82, 2.24) is 0 Å². The Kier molecular flexibility index (Phi) is 4.34. The molecule has 88 valence electrons. The molecule has 1 heterocycles. The van der Waals surface area contributed by atoms with Gasteiger partial charge in [-0.2, -0.15) is 0 Å². The zero-order valence-corrected chi connectivity index (χ0v) is 9.39. The maximum Gasteiger partial charge on any atom is 0.158 e. The van der Waals surface area contributed by atoms with Crippen molar-refractivity contribution in [2.45, 2.75) is 38.8 Å². The molecule has 1 aromatic carbocycles. The van der Waals surface area contributed by atoms with Crippen LogP contribution < -0.4 is 0 Å². The van der Waals surface area contributed by atoms with Gasteiger partial charge in [-0.25, -0.2) is 0 Å². The van der Waals surface area contributed by atoms with Gasteiger partial charge < -0.3 is 14.6 Å². The summed E-state index contributed by atoms with van der Waals surface area (Å²) in [5.41, 5.74) is 2.01. The summed E-state index contributed by atoms with van der Waals surface area (Å²) in [6, 6.07) is 7.80. The summed E-state index contributed by atoms with van der Waals surface area (Å²) in [6.07, 6.45) is 3.26. The van der Waals surface area contributed by atoms with Gasteiger partial charge in [0.15, 0.2) is 6.29 Å². The molecule has 1 aromatic rings. The molecule has 3 heteroatoms. The molecule has 0 bridgehead atoms. The average Bonchev–Trinajstić information content (AvgIpc) is 2.38. The Morgan fingerprint density at radius 1 is 1.31 bits per heavy atom. The first-order valence-electron chi connectivity index (χ1n) is 5.80. The van der Waals surface area contributed by atoms with E-state index in [0.717, 1.165) is 30.6 Å². The molecule has 0 aromatic heterocycles. The van der Waals surface area contributed by atoms with Gasteiger partial charge in [-0.3, -0.25) is 0 Å². The van der Waals surface area contributed by atoms with Crippen LogP contribution in [0.5, 0.6) is 0 Å². The highest BCUT2D eigenvalue weighted by atomic mass is 16.7. The molecule has 0 spiro atoms. The maximum atomic E-state index is 9.01. The van der Waals surface area contributed by atoms with E-state index in [0.29, 0.717) is 6.61 Å². The minimum atomic E-state index is -0.0495. The fourth-order valence-electron chi connectivity index (χ4n) is 1.85. The van der Waals surface area contributed by atoms with E-state index in [9.17, 15) is 0 Å². The van der Waals surface area contributed by atoms with Gasteiger partial charge in [0, 0.05) is 6.61 Å². The number of aliphatic hydroxyl groups excluding tert-OH is 1. The van der Waals surface area contributed by atoms with E-state index in [4.69, 9.17) is 14.6 Å². The van der Waals surface area contributed by atoms with E-state index >= 15 is 0 Å². The van der Waals surface area contributed by atoms with Gasteiger partial charge in [-0.15, -0.1) is 0 Å². The molecule has 0 aliphatic carbocycles. The Bertz CT molecular complexity index is 319. The van der Waals surface area contributed by atoms with Crippen LogP contribution in [0.15, 0.2) is 24.3 Å². The summed E-state index contributed by atoms with van der Waals surface area (Å²) in [5, 5.41) is 9.01. The highest BCUT2D eigenvalue weighted by Gasteiger charge is 2.13. The van der Waals surface area contributed by atoms with E-state index in [-0.39, 0.29) is 12.9 Å². The monoisotopic (exact) mass is 222 g/mol. The Morgan fingerprint density at radius 2 is 2.19 bits per heavy atom. The van der Waals surface area contributed by atoms with Crippen molar-refractivity contribution in [2.24, 2.45) is 0 Å². The molecule has 1 fully saturated rings. The minimum absolute atomic E-state index is 0.0495. The van der Waals surface area contributed by atoms with Crippen molar-refractivity contribution in [1.29, 1.82) is 0 Å². The van der Waals surface area contributed by atoms with Crippen LogP contribution >= 0.6 is 0 Å². The predicted molar refractivity (Wildman–Crippen MR) is 60.7 cm³/mol. The van der Waals surface area contributed by atoms with E-state index in [1.165, 1.54) is 6.42 Å². The Morgan fingerprint density at radius 3 is 2.94 bits per heavy atom. The smallest absolute Gasteiger partial charge is 0.158 e. The minimum Gasteiger partial charge on any atom is -0.392 e. The van der Waals surface area contributed by atoms with Gasteiger partial charge in [0.2, 0.25) is 0 Å². The summed E-state index contributed by atoms with van der Waals surface area (Å²) in [4.78, 5) is 0. The molecule has 1 unspecified atom stereocenters. The summed E-state index contributed by atoms with van der Waals surface area (Å²) in [7, 11) is 0. The first-order valence-corrected chi connectivity index (χ1v) is 5.80. The lowest BCUT2D eigenvalue weighted by Crippen LogP contribution is -2.22. The summed E-state index contributed by atoms with van der Waals surface area (Å²) < 4.78 is 11.1. The second-order valence-electron chi connectivity index (χ2n) is 4.09. The molecule has 16 heavy (non-hydrogen) atoms. The molecule has 1 N–H and O–H groups in total. The van der Waals surface area contributed by atoms with Gasteiger partial charge in [-0.1, -0.05) is 24.3 Å². The number of rotatable bonds is 4. The van der Waals surface area contributed by atoms with Gasteiger partial charge in [0.05, 0.1) is 13.2 Å². The SMILES string of the molecule is OCc1cccc(COC2CCCCO2)c1. The topological polar surface area (TPSA) is 38.7 Å². The van der Waals surface area contributed by atoms with Crippen molar-refractivity contribution in [3.63, 3.8) is 0 Å². The summed E-state index contributed by atoms with van der Waals surface area (Å²) in [6.45, 7) is 1.44. The van der Waals surface area contributed by atoms with Crippen LogP contribution in [-0.4, -0.2) is 18.0 Å². The molecule has 2 rings (SSSR count). The van der Waals surface area contributed by atoms with E-state index in [2.05, 4.69) is 0 Å². The third-order valence-corrected chi connectivity index (χ3v) is 2.75. The predicted octanol–water partition coefficient (Wildman–Crippen LogP) is 2.22. The largest absolute Gasteiger partial charge is 0.392 e. The molecule has 3 nitrogen and oxygen atoms in total. The van der Waals surface area contributed by atoms with E-state index in [1.807, 2.05) is 24.3 Å². The lowest BCUT2D eigenvalue weighted by Gasteiger charge is -2.22. The molecule has 1 aliphatic heterocycles. The fourth-order valence-corrected chi connectivity index (χ4v) is 1.85. The van der Waals surface area contributed by atoms with E-state index in [1.54, 1.807) is 0 Å². The quantitative estimate of drug-likeness (QED) is 0.849. The van der Waals surface area contributed by atoms with Crippen molar-refractivity contribution in [3.05, 3.63) is 35.4 Å². The third kappa shape index (κ3) is 3.30. The Balaban J connectivity index is 1.83. The Hall–Kier alpha value is -0.900. The second-order valence-corrected chi connectivity index (χ2v) is 4.09. The van der Waals surface area contributed by atoms with Crippen molar-refractivity contribution < 1.29 is 14.6 Å². The summed E-state index contributed by atoms with van der Waals surface area (Å²) >= 11 is 0. The molecule has 1 atom stereocenters. The molecular formula is C13H18O3. The first-order chi connectivity index (χ1) is 7.88. The van der Waals surface area contributed by atoms with Crippen molar-refractivity contribution in [3.8, 4) is 0 Å². The fraction of sp³-hybridized carbons (Fsp3) is 0.538. The van der Waals surface area contributed by atoms with E-state index < -0.39 is 0 Å². The molecule has 0 radical (unpaired) electrons. The van der Waals surface area contributed by atoms with Crippen molar-refractivity contribution in [2.75, 3.05) is 6.61 Å². The first kappa shape index (κ1) is 11.6.